The van der Waals surface area contributed by atoms with Gasteiger partial charge in [0.25, 0.3) is 0 Å². The summed E-state index contributed by atoms with van der Waals surface area (Å²) in [4.78, 5) is 0. The fourth-order valence-corrected chi connectivity index (χ4v) is 1.59. The first kappa shape index (κ1) is 10.4. The highest BCUT2D eigenvalue weighted by molar-refractivity contribution is 5.70. The van der Waals surface area contributed by atoms with Gasteiger partial charge in [-0.25, -0.2) is 4.39 Å². The molecule has 0 radical (unpaired) electrons. The SMILES string of the molecule is Cc1ccc(-c2ccccc2C#N)cc1F. The molecule has 0 saturated heterocycles. The summed E-state index contributed by atoms with van der Waals surface area (Å²) < 4.78 is 13.4. The van der Waals surface area contributed by atoms with Crippen molar-refractivity contribution in [3.05, 3.63) is 59.4 Å². The molecular weight excluding hydrogens is 201 g/mol. The van der Waals surface area contributed by atoms with Crippen molar-refractivity contribution in [2.75, 3.05) is 0 Å². The molecule has 0 unspecified atom stereocenters. The van der Waals surface area contributed by atoms with Crippen molar-refractivity contribution >= 4 is 0 Å². The van der Waals surface area contributed by atoms with Crippen LogP contribution in [-0.4, -0.2) is 0 Å². The van der Waals surface area contributed by atoms with Crippen LogP contribution in [0.15, 0.2) is 42.5 Å². The van der Waals surface area contributed by atoms with Crippen molar-refractivity contribution < 1.29 is 4.39 Å². The third-order valence-electron chi connectivity index (χ3n) is 2.53. The average molecular weight is 211 g/mol. The van der Waals surface area contributed by atoms with E-state index in [0.717, 1.165) is 11.1 Å². The van der Waals surface area contributed by atoms with Gasteiger partial charge in [0.2, 0.25) is 0 Å². The van der Waals surface area contributed by atoms with Gasteiger partial charge in [0, 0.05) is 0 Å². The smallest absolute Gasteiger partial charge is 0.126 e. The summed E-state index contributed by atoms with van der Waals surface area (Å²) in [6.45, 7) is 1.72. The zero-order valence-corrected chi connectivity index (χ0v) is 8.87. The molecule has 0 heterocycles. The number of hydrogen-bond acceptors (Lipinski definition) is 1. The maximum absolute atomic E-state index is 13.4. The Balaban J connectivity index is 2.60. The minimum absolute atomic E-state index is 0.245. The molecule has 0 aliphatic heterocycles. The van der Waals surface area contributed by atoms with Crippen molar-refractivity contribution in [2.24, 2.45) is 0 Å². The van der Waals surface area contributed by atoms with Crippen molar-refractivity contribution in [3.8, 4) is 17.2 Å². The molecule has 2 aromatic carbocycles. The van der Waals surface area contributed by atoms with Gasteiger partial charge in [-0.2, -0.15) is 5.26 Å². The first-order valence-electron chi connectivity index (χ1n) is 4.98. The van der Waals surface area contributed by atoms with E-state index in [1.807, 2.05) is 18.2 Å². The molecule has 0 spiro atoms. The molecule has 2 rings (SSSR count). The molecule has 0 amide bonds. The van der Waals surface area contributed by atoms with E-state index in [2.05, 4.69) is 6.07 Å². The van der Waals surface area contributed by atoms with Crippen LogP contribution in [0.2, 0.25) is 0 Å². The predicted molar refractivity (Wildman–Crippen MR) is 61.3 cm³/mol. The minimum Gasteiger partial charge on any atom is -0.207 e. The zero-order chi connectivity index (χ0) is 11.5. The summed E-state index contributed by atoms with van der Waals surface area (Å²) in [5, 5.41) is 8.96. The van der Waals surface area contributed by atoms with E-state index >= 15 is 0 Å². The van der Waals surface area contributed by atoms with E-state index in [9.17, 15) is 4.39 Å². The number of rotatable bonds is 1. The summed E-state index contributed by atoms with van der Waals surface area (Å²) >= 11 is 0. The van der Waals surface area contributed by atoms with Crippen LogP contribution < -0.4 is 0 Å². The summed E-state index contributed by atoms with van der Waals surface area (Å²) in [5.74, 6) is -0.245. The molecule has 0 aromatic heterocycles. The standard InChI is InChI=1S/C14H10FN/c1-10-6-7-11(8-14(10)15)13-5-3-2-4-12(13)9-16/h2-8H,1H3. The topological polar surface area (TPSA) is 23.8 Å². The van der Waals surface area contributed by atoms with Crippen molar-refractivity contribution in [1.29, 1.82) is 5.26 Å². The Morgan fingerprint density at radius 2 is 1.88 bits per heavy atom. The highest BCUT2D eigenvalue weighted by Gasteiger charge is 2.05. The molecule has 0 saturated carbocycles. The van der Waals surface area contributed by atoms with Gasteiger partial charge in [-0.3, -0.25) is 0 Å². The Morgan fingerprint density at radius 3 is 2.56 bits per heavy atom. The van der Waals surface area contributed by atoms with Crippen molar-refractivity contribution in [1.82, 2.24) is 0 Å². The number of hydrogen-bond donors (Lipinski definition) is 0. The second-order valence-electron chi connectivity index (χ2n) is 3.62. The molecule has 0 fully saturated rings. The van der Waals surface area contributed by atoms with Crippen LogP contribution >= 0.6 is 0 Å². The second-order valence-corrected chi connectivity index (χ2v) is 3.62. The molecule has 0 bridgehead atoms. The van der Waals surface area contributed by atoms with Gasteiger partial charge >= 0.3 is 0 Å². The van der Waals surface area contributed by atoms with E-state index < -0.39 is 0 Å². The molecule has 78 valence electrons. The molecule has 0 aliphatic carbocycles. The number of aryl methyl sites for hydroxylation is 1. The van der Waals surface area contributed by atoms with Gasteiger partial charge in [-0.15, -0.1) is 0 Å². The highest BCUT2D eigenvalue weighted by atomic mass is 19.1. The molecule has 0 N–H and O–H groups in total. The lowest BCUT2D eigenvalue weighted by atomic mass is 9.99. The lowest BCUT2D eigenvalue weighted by Gasteiger charge is -2.05. The summed E-state index contributed by atoms with van der Waals surface area (Å²) in [5.41, 5.74) is 2.67. The number of nitriles is 1. The summed E-state index contributed by atoms with van der Waals surface area (Å²) in [6, 6.07) is 14.3. The quantitative estimate of drug-likeness (QED) is 0.706. The fourth-order valence-electron chi connectivity index (χ4n) is 1.59. The van der Waals surface area contributed by atoms with Crippen LogP contribution in [0.3, 0.4) is 0 Å². The second kappa shape index (κ2) is 4.16. The first-order chi connectivity index (χ1) is 7.72. The van der Waals surface area contributed by atoms with Crippen molar-refractivity contribution in [2.45, 2.75) is 6.92 Å². The number of nitrogens with zero attached hydrogens (tertiary/aromatic N) is 1. The maximum Gasteiger partial charge on any atom is 0.126 e. The van der Waals surface area contributed by atoms with Crippen LogP contribution in [0.1, 0.15) is 11.1 Å². The van der Waals surface area contributed by atoms with E-state index in [1.54, 1.807) is 25.1 Å². The van der Waals surface area contributed by atoms with Gasteiger partial charge in [0.15, 0.2) is 0 Å². The van der Waals surface area contributed by atoms with Gasteiger partial charge in [-0.05, 0) is 35.7 Å². The Hall–Kier alpha value is -2.14. The van der Waals surface area contributed by atoms with Gasteiger partial charge in [0.05, 0.1) is 11.6 Å². The van der Waals surface area contributed by atoms with Crippen LogP contribution in [-0.2, 0) is 0 Å². The van der Waals surface area contributed by atoms with Crippen LogP contribution in [0.5, 0.6) is 0 Å². The highest BCUT2D eigenvalue weighted by Crippen LogP contribution is 2.24. The third kappa shape index (κ3) is 1.80. The van der Waals surface area contributed by atoms with Gasteiger partial charge in [-0.1, -0.05) is 30.3 Å². The lowest BCUT2D eigenvalue weighted by Crippen LogP contribution is -1.87. The van der Waals surface area contributed by atoms with Gasteiger partial charge < -0.3 is 0 Å². The summed E-state index contributed by atoms with van der Waals surface area (Å²) in [7, 11) is 0. The van der Waals surface area contributed by atoms with Crippen LogP contribution in [0.25, 0.3) is 11.1 Å². The molecule has 16 heavy (non-hydrogen) atoms. The van der Waals surface area contributed by atoms with E-state index in [-0.39, 0.29) is 5.82 Å². The van der Waals surface area contributed by atoms with Crippen molar-refractivity contribution in [3.63, 3.8) is 0 Å². The maximum atomic E-state index is 13.4. The fraction of sp³-hybridized carbons (Fsp3) is 0.0714. The zero-order valence-electron chi connectivity index (χ0n) is 8.87. The number of halogens is 1. The van der Waals surface area contributed by atoms with E-state index in [0.29, 0.717) is 11.1 Å². The first-order valence-corrected chi connectivity index (χ1v) is 4.98. The molecule has 0 aliphatic rings. The molecule has 2 heteroatoms. The predicted octanol–water partition coefficient (Wildman–Crippen LogP) is 3.67. The monoisotopic (exact) mass is 211 g/mol. The van der Waals surface area contributed by atoms with Crippen LogP contribution in [0.4, 0.5) is 4.39 Å². The van der Waals surface area contributed by atoms with E-state index in [4.69, 9.17) is 5.26 Å². The Kier molecular flexibility index (Phi) is 2.70. The molecule has 1 nitrogen and oxygen atoms in total. The Bertz CT molecular complexity index is 567. The van der Waals surface area contributed by atoms with Crippen LogP contribution in [0, 0.1) is 24.1 Å². The average Bonchev–Trinajstić information content (AvgIpc) is 2.32. The molecule has 0 atom stereocenters. The minimum atomic E-state index is -0.245. The summed E-state index contributed by atoms with van der Waals surface area (Å²) in [6.07, 6.45) is 0. The molecular formula is C14H10FN. The Morgan fingerprint density at radius 1 is 1.12 bits per heavy atom. The largest absolute Gasteiger partial charge is 0.207 e. The normalized spacial score (nSPS) is 9.81. The van der Waals surface area contributed by atoms with E-state index in [1.165, 1.54) is 6.07 Å². The molecule has 2 aromatic rings. The van der Waals surface area contributed by atoms with Gasteiger partial charge in [0.1, 0.15) is 5.82 Å². The lowest BCUT2D eigenvalue weighted by molar-refractivity contribution is 0.619. The number of benzene rings is 2. The third-order valence-corrected chi connectivity index (χ3v) is 2.53. The Labute approximate surface area is 93.8 Å².